The van der Waals surface area contributed by atoms with Crippen LogP contribution in [0.5, 0.6) is 5.75 Å². The number of likely N-dealkylation sites (N-methyl/N-ethyl adjacent to an activating group) is 1. The summed E-state index contributed by atoms with van der Waals surface area (Å²) < 4.78 is 44.7. The van der Waals surface area contributed by atoms with E-state index in [2.05, 4.69) is 4.90 Å². The maximum absolute atomic E-state index is 13.3. The van der Waals surface area contributed by atoms with Crippen molar-refractivity contribution in [3.63, 3.8) is 0 Å². The number of piperazine rings is 1. The smallest absolute Gasteiger partial charge is 0.246 e. The van der Waals surface area contributed by atoms with E-state index >= 15 is 0 Å². The molecule has 2 rings (SSSR count). The van der Waals surface area contributed by atoms with E-state index in [1.165, 1.54) is 23.5 Å². The second-order valence-electron chi connectivity index (χ2n) is 4.50. The van der Waals surface area contributed by atoms with Gasteiger partial charge in [0.1, 0.15) is 16.5 Å². The van der Waals surface area contributed by atoms with Crippen LogP contribution in [0.4, 0.5) is 4.39 Å². The first-order valence-electron chi connectivity index (χ1n) is 5.97. The summed E-state index contributed by atoms with van der Waals surface area (Å²) in [6, 6.07) is 3.52. The van der Waals surface area contributed by atoms with Crippen molar-refractivity contribution in [2.45, 2.75) is 4.90 Å². The third-order valence-corrected chi connectivity index (χ3v) is 5.13. The minimum absolute atomic E-state index is 0.112. The van der Waals surface area contributed by atoms with E-state index in [-0.39, 0.29) is 10.6 Å². The summed E-state index contributed by atoms with van der Waals surface area (Å²) in [5.41, 5.74) is 0. The molecule has 0 atom stereocenters. The number of sulfonamides is 1. The summed E-state index contributed by atoms with van der Waals surface area (Å²) in [5, 5.41) is 0. The maximum Gasteiger partial charge on any atom is 0.246 e. The molecule has 1 aliphatic heterocycles. The first-order chi connectivity index (χ1) is 8.95. The summed E-state index contributed by atoms with van der Waals surface area (Å²) in [4.78, 5) is 1.94. The van der Waals surface area contributed by atoms with E-state index in [0.29, 0.717) is 26.2 Å². The second kappa shape index (κ2) is 5.44. The number of methoxy groups -OCH3 is 1. The average Bonchev–Trinajstić information content (AvgIpc) is 2.39. The molecule has 0 bridgehead atoms. The lowest BCUT2D eigenvalue weighted by Gasteiger charge is -2.31. The van der Waals surface area contributed by atoms with Gasteiger partial charge in [0, 0.05) is 26.2 Å². The lowest BCUT2D eigenvalue weighted by Crippen LogP contribution is -2.47. The highest BCUT2D eigenvalue weighted by molar-refractivity contribution is 7.89. The van der Waals surface area contributed by atoms with Gasteiger partial charge in [0.05, 0.1) is 7.11 Å². The quantitative estimate of drug-likeness (QED) is 0.824. The predicted octanol–water partition coefficient (Wildman–Crippen LogP) is 0.770. The molecular weight excluding hydrogens is 271 g/mol. The molecule has 0 unspecified atom stereocenters. The number of ether oxygens (including phenoxy) is 1. The minimum atomic E-state index is -3.71. The summed E-state index contributed by atoms with van der Waals surface area (Å²) >= 11 is 0. The van der Waals surface area contributed by atoms with Gasteiger partial charge in [-0.3, -0.25) is 0 Å². The average molecular weight is 288 g/mol. The zero-order valence-corrected chi connectivity index (χ0v) is 11.8. The van der Waals surface area contributed by atoms with E-state index in [1.54, 1.807) is 0 Å². The summed E-state index contributed by atoms with van der Waals surface area (Å²) in [6.45, 7) is 2.13. The fraction of sp³-hybridized carbons (Fsp3) is 0.500. The Labute approximate surface area is 112 Å². The van der Waals surface area contributed by atoms with Crippen molar-refractivity contribution in [2.24, 2.45) is 0 Å². The van der Waals surface area contributed by atoms with Crippen LogP contribution in [0.3, 0.4) is 0 Å². The molecule has 1 aliphatic rings. The third kappa shape index (κ3) is 2.88. The van der Waals surface area contributed by atoms with Crippen LogP contribution in [0, 0.1) is 5.82 Å². The van der Waals surface area contributed by atoms with Gasteiger partial charge in [-0.15, -0.1) is 0 Å². The van der Waals surface area contributed by atoms with Crippen molar-refractivity contribution in [3.8, 4) is 5.75 Å². The van der Waals surface area contributed by atoms with Gasteiger partial charge in [0.25, 0.3) is 0 Å². The highest BCUT2D eigenvalue weighted by Gasteiger charge is 2.30. The molecule has 1 fully saturated rings. The molecule has 0 radical (unpaired) electrons. The van der Waals surface area contributed by atoms with Crippen LogP contribution >= 0.6 is 0 Å². The van der Waals surface area contributed by atoms with Crippen molar-refractivity contribution in [2.75, 3.05) is 40.3 Å². The molecule has 7 heteroatoms. The largest absolute Gasteiger partial charge is 0.495 e. The Morgan fingerprint density at radius 1 is 1.21 bits per heavy atom. The van der Waals surface area contributed by atoms with Crippen LogP contribution in [-0.4, -0.2) is 58.0 Å². The number of rotatable bonds is 3. The van der Waals surface area contributed by atoms with Gasteiger partial charge in [0.2, 0.25) is 10.0 Å². The van der Waals surface area contributed by atoms with E-state index in [0.717, 1.165) is 6.07 Å². The Morgan fingerprint density at radius 3 is 2.42 bits per heavy atom. The molecule has 0 aliphatic carbocycles. The highest BCUT2D eigenvalue weighted by Crippen LogP contribution is 2.27. The van der Waals surface area contributed by atoms with Crippen LogP contribution in [0.15, 0.2) is 23.1 Å². The summed E-state index contributed by atoms with van der Waals surface area (Å²) in [7, 11) is -0.401. The van der Waals surface area contributed by atoms with Crippen LogP contribution in [-0.2, 0) is 10.0 Å². The van der Waals surface area contributed by atoms with Gasteiger partial charge in [-0.1, -0.05) is 0 Å². The lowest BCUT2D eigenvalue weighted by molar-refractivity contribution is 0.222. The first-order valence-corrected chi connectivity index (χ1v) is 7.41. The molecule has 1 aromatic rings. The Hall–Kier alpha value is -1.18. The molecule has 106 valence electrons. The number of halogens is 1. The molecule has 5 nitrogen and oxygen atoms in total. The van der Waals surface area contributed by atoms with E-state index < -0.39 is 15.8 Å². The molecule has 1 heterocycles. The van der Waals surface area contributed by atoms with E-state index in [9.17, 15) is 12.8 Å². The van der Waals surface area contributed by atoms with E-state index in [4.69, 9.17) is 4.74 Å². The molecule has 19 heavy (non-hydrogen) atoms. The molecule has 0 spiro atoms. The van der Waals surface area contributed by atoms with Gasteiger partial charge >= 0.3 is 0 Å². The lowest BCUT2D eigenvalue weighted by atomic mass is 10.3. The molecule has 1 saturated heterocycles. The summed E-state index contributed by atoms with van der Waals surface area (Å²) in [5.74, 6) is -0.422. The van der Waals surface area contributed by atoms with Crippen LogP contribution in [0.2, 0.25) is 0 Å². The van der Waals surface area contributed by atoms with Crippen molar-refractivity contribution < 1.29 is 17.5 Å². The second-order valence-corrected chi connectivity index (χ2v) is 6.41. The topological polar surface area (TPSA) is 49.9 Å². The highest BCUT2D eigenvalue weighted by atomic mass is 32.2. The van der Waals surface area contributed by atoms with Gasteiger partial charge in [-0.25, -0.2) is 12.8 Å². The number of benzene rings is 1. The molecule has 0 amide bonds. The van der Waals surface area contributed by atoms with Gasteiger partial charge in [-0.05, 0) is 25.2 Å². The van der Waals surface area contributed by atoms with Gasteiger partial charge in [0.15, 0.2) is 0 Å². The number of hydrogen-bond acceptors (Lipinski definition) is 4. The Balaban J connectivity index is 2.36. The molecular formula is C12H17FN2O3S. The Morgan fingerprint density at radius 2 is 1.84 bits per heavy atom. The molecule has 0 saturated carbocycles. The monoisotopic (exact) mass is 288 g/mol. The third-order valence-electron chi connectivity index (χ3n) is 3.21. The van der Waals surface area contributed by atoms with Crippen molar-refractivity contribution in [1.82, 2.24) is 9.21 Å². The van der Waals surface area contributed by atoms with Crippen LogP contribution in [0.25, 0.3) is 0 Å². The normalized spacial score (nSPS) is 18.5. The zero-order chi connectivity index (χ0) is 14.0. The number of nitrogens with zero attached hydrogens (tertiary/aromatic N) is 2. The molecule has 1 aromatic carbocycles. The van der Waals surface area contributed by atoms with Crippen LogP contribution < -0.4 is 4.74 Å². The molecule has 0 aromatic heterocycles. The van der Waals surface area contributed by atoms with Crippen molar-refractivity contribution in [1.29, 1.82) is 0 Å². The standard InChI is InChI=1S/C12H17FN2O3S/c1-14-5-7-15(8-6-14)19(16,17)12-9-10(13)3-4-11(12)18-2/h3-4,9H,5-8H2,1-2H3. The fourth-order valence-electron chi connectivity index (χ4n) is 2.02. The Kier molecular flexibility index (Phi) is 4.07. The van der Waals surface area contributed by atoms with Crippen LogP contribution in [0.1, 0.15) is 0 Å². The SMILES string of the molecule is COc1ccc(F)cc1S(=O)(=O)N1CCN(C)CC1. The van der Waals surface area contributed by atoms with Gasteiger partial charge < -0.3 is 9.64 Å². The predicted molar refractivity (Wildman–Crippen MR) is 69.2 cm³/mol. The fourth-order valence-corrected chi connectivity index (χ4v) is 3.61. The van der Waals surface area contributed by atoms with Gasteiger partial charge in [-0.2, -0.15) is 4.31 Å². The summed E-state index contributed by atoms with van der Waals surface area (Å²) in [6.07, 6.45) is 0. The molecule has 0 N–H and O–H groups in total. The van der Waals surface area contributed by atoms with Crippen molar-refractivity contribution in [3.05, 3.63) is 24.0 Å². The van der Waals surface area contributed by atoms with E-state index in [1.807, 2.05) is 7.05 Å². The van der Waals surface area contributed by atoms with Crippen molar-refractivity contribution >= 4 is 10.0 Å². The minimum Gasteiger partial charge on any atom is -0.495 e. The maximum atomic E-state index is 13.3. The zero-order valence-electron chi connectivity index (χ0n) is 11.0. The Bertz CT molecular complexity index is 554. The first kappa shape index (κ1) is 14.2. The number of hydrogen-bond donors (Lipinski definition) is 0.